The summed E-state index contributed by atoms with van der Waals surface area (Å²) in [5.41, 5.74) is 4.35. The van der Waals surface area contributed by atoms with E-state index < -0.39 is 17.1 Å². The van der Waals surface area contributed by atoms with Crippen molar-refractivity contribution in [1.82, 2.24) is 9.97 Å². The minimum atomic E-state index is -1.18. The molecule has 47 heavy (non-hydrogen) atoms. The highest BCUT2D eigenvalue weighted by Crippen LogP contribution is 2.47. The number of rotatable bonds is 12. The van der Waals surface area contributed by atoms with E-state index in [0.29, 0.717) is 35.2 Å². The molecular formula is C38H38FN5O3. The van der Waals surface area contributed by atoms with E-state index in [1.54, 1.807) is 36.7 Å². The molecule has 6 rings (SSSR count). The maximum Gasteiger partial charge on any atom is 0.240 e. The molecule has 0 atom stereocenters. The predicted octanol–water partition coefficient (Wildman–Crippen LogP) is 8.52. The fourth-order valence-corrected chi connectivity index (χ4v) is 5.62. The minimum Gasteiger partial charge on any atom is -0.453 e. The van der Waals surface area contributed by atoms with Crippen molar-refractivity contribution in [2.45, 2.75) is 46.5 Å². The maximum atomic E-state index is 15.3. The van der Waals surface area contributed by atoms with Crippen molar-refractivity contribution < 1.29 is 18.7 Å². The Morgan fingerprint density at radius 3 is 2.13 bits per heavy atom. The van der Waals surface area contributed by atoms with E-state index in [0.717, 1.165) is 42.8 Å². The van der Waals surface area contributed by atoms with E-state index in [-0.39, 0.29) is 17.3 Å². The molecule has 2 heterocycles. The predicted molar refractivity (Wildman–Crippen MR) is 184 cm³/mol. The van der Waals surface area contributed by atoms with Crippen LogP contribution in [0.15, 0.2) is 91.3 Å². The van der Waals surface area contributed by atoms with E-state index in [1.165, 1.54) is 17.8 Å². The van der Waals surface area contributed by atoms with Crippen LogP contribution in [0.4, 0.5) is 21.5 Å². The Kier molecular flexibility index (Phi) is 9.15. The minimum absolute atomic E-state index is 0.0165. The fourth-order valence-electron chi connectivity index (χ4n) is 5.62. The highest BCUT2D eigenvalue weighted by molar-refractivity contribution is 6.16. The third-order valence-corrected chi connectivity index (χ3v) is 8.44. The Labute approximate surface area is 274 Å². The first-order valence-corrected chi connectivity index (χ1v) is 16.1. The summed E-state index contributed by atoms with van der Waals surface area (Å²) in [6.45, 7) is 8.36. The standard InChI is InChI=1S/C38H38FN5O3/c1-4-20-44(21-5-2)29-13-8-26(9-14-29)32-23-33-30(24-41-32)34(16-19-40-33)47-35-15-12-28(22-31(35)39)43-37(46)38(17-18-38)36(45)42-27-10-6-25(3)7-11-27/h6-16,19,22-24H,4-5,17-18,20-21H2,1-3H3,(H,42,45)(H,43,46). The number of benzene rings is 3. The van der Waals surface area contributed by atoms with Crippen LogP contribution in [0.2, 0.25) is 0 Å². The van der Waals surface area contributed by atoms with Crippen molar-refractivity contribution in [3.8, 4) is 22.8 Å². The number of anilines is 3. The van der Waals surface area contributed by atoms with Crippen LogP contribution in [0.1, 0.15) is 45.1 Å². The number of nitrogens with zero attached hydrogens (tertiary/aromatic N) is 3. The van der Waals surface area contributed by atoms with Gasteiger partial charge in [-0.25, -0.2) is 4.39 Å². The zero-order valence-corrected chi connectivity index (χ0v) is 26.8. The Bertz CT molecular complexity index is 1900. The maximum absolute atomic E-state index is 15.3. The third-order valence-electron chi connectivity index (χ3n) is 8.44. The Morgan fingerprint density at radius 1 is 0.830 bits per heavy atom. The molecule has 2 aromatic heterocycles. The SMILES string of the molecule is CCCN(CCC)c1ccc(-c2cc3nccc(Oc4ccc(NC(=O)C5(C(=O)Nc6ccc(C)cc6)CC5)cc4F)c3cn2)cc1. The number of ether oxygens (including phenoxy) is 1. The molecule has 2 amide bonds. The van der Waals surface area contributed by atoms with Gasteiger partial charge in [0.15, 0.2) is 11.6 Å². The van der Waals surface area contributed by atoms with Gasteiger partial charge in [0.05, 0.1) is 16.6 Å². The van der Waals surface area contributed by atoms with Crippen molar-refractivity contribution in [3.63, 3.8) is 0 Å². The zero-order valence-electron chi connectivity index (χ0n) is 26.8. The first-order valence-electron chi connectivity index (χ1n) is 16.1. The van der Waals surface area contributed by atoms with Gasteiger partial charge >= 0.3 is 0 Å². The normalized spacial score (nSPS) is 13.2. The van der Waals surface area contributed by atoms with Gasteiger partial charge in [-0.2, -0.15) is 0 Å². The number of nitrogens with one attached hydrogen (secondary N) is 2. The lowest BCUT2D eigenvalue weighted by molar-refractivity contribution is -0.131. The molecule has 2 N–H and O–H groups in total. The average molecular weight is 632 g/mol. The van der Waals surface area contributed by atoms with Crippen LogP contribution < -0.4 is 20.3 Å². The summed E-state index contributed by atoms with van der Waals surface area (Å²) in [7, 11) is 0. The van der Waals surface area contributed by atoms with E-state index in [9.17, 15) is 9.59 Å². The molecule has 0 bridgehead atoms. The van der Waals surface area contributed by atoms with Crippen LogP contribution in [-0.2, 0) is 9.59 Å². The molecule has 3 aromatic carbocycles. The third kappa shape index (κ3) is 6.94. The van der Waals surface area contributed by atoms with Gasteiger partial charge in [0.25, 0.3) is 0 Å². The second kappa shape index (κ2) is 13.6. The summed E-state index contributed by atoms with van der Waals surface area (Å²) >= 11 is 0. The number of halogens is 1. The number of aromatic nitrogens is 2. The molecule has 0 radical (unpaired) electrons. The lowest BCUT2D eigenvalue weighted by Crippen LogP contribution is -2.35. The molecule has 1 aliphatic rings. The van der Waals surface area contributed by atoms with Crippen LogP contribution in [0, 0.1) is 18.2 Å². The molecule has 5 aromatic rings. The summed E-state index contributed by atoms with van der Waals surface area (Å²) in [6.07, 6.45) is 6.32. The zero-order chi connectivity index (χ0) is 33.0. The molecule has 1 fully saturated rings. The molecular weight excluding hydrogens is 593 g/mol. The van der Waals surface area contributed by atoms with Crippen LogP contribution >= 0.6 is 0 Å². The van der Waals surface area contributed by atoms with E-state index in [2.05, 4.69) is 63.6 Å². The Hall–Kier alpha value is -5.31. The van der Waals surface area contributed by atoms with Gasteiger partial charge in [-0.3, -0.25) is 19.6 Å². The molecule has 1 saturated carbocycles. The smallest absolute Gasteiger partial charge is 0.240 e. The number of aryl methyl sites for hydroxylation is 1. The van der Waals surface area contributed by atoms with Crippen LogP contribution in [0.5, 0.6) is 11.5 Å². The van der Waals surface area contributed by atoms with Gasteiger partial charge in [-0.1, -0.05) is 43.7 Å². The highest BCUT2D eigenvalue weighted by atomic mass is 19.1. The molecule has 0 saturated heterocycles. The molecule has 0 spiro atoms. The Morgan fingerprint density at radius 2 is 1.49 bits per heavy atom. The van der Waals surface area contributed by atoms with E-state index in [1.807, 2.05) is 25.1 Å². The van der Waals surface area contributed by atoms with Crippen molar-refractivity contribution in [2.24, 2.45) is 5.41 Å². The topological polar surface area (TPSA) is 96.5 Å². The van der Waals surface area contributed by atoms with Crippen molar-refractivity contribution >= 4 is 39.8 Å². The lowest BCUT2D eigenvalue weighted by Gasteiger charge is -2.23. The van der Waals surface area contributed by atoms with Crippen molar-refractivity contribution in [2.75, 3.05) is 28.6 Å². The molecule has 8 nitrogen and oxygen atoms in total. The van der Waals surface area contributed by atoms with Crippen molar-refractivity contribution in [1.29, 1.82) is 0 Å². The van der Waals surface area contributed by atoms with E-state index in [4.69, 9.17) is 4.74 Å². The summed E-state index contributed by atoms with van der Waals surface area (Å²) in [4.78, 5) is 37.6. The monoisotopic (exact) mass is 631 g/mol. The fraction of sp³-hybridized carbons (Fsp3) is 0.263. The number of carbonyl (C=O) groups excluding carboxylic acids is 2. The largest absolute Gasteiger partial charge is 0.453 e. The second-order valence-electron chi connectivity index (χ2n) is 12.0. The van der Waals surface area contributed by atoms with Crippen LogP contribution in [0.3, 0.4) is 0 Å². The number of amides is 2. The molecule has 0 unspecified atom stereocenters. The van der Waals surface area contributed by atoms with Gasteiger partial charge in [0.2, 0.25) is 11.8 Å². The number of pyridine rings is 2. The van der Waals surface area contributed by atoms with Gasteiger partial charge in [-0.05, 0) is 81.1 Å². The molecule has 9 heteroatoms. The van der Waals surface area contributed by atoms with Gasteiger partial charge < -0.3 is 20.3 Å². The number of hydrogen-bond acceptors (Lipinski definition) is 6. The Balaban J connectivity index is 1.14. The van der Waals surface area contributed by atoms with Gasteiger partial charge in [0.1, 0.15) is 11.2 Å². The summed E-state index contributed by atoms with van der Waals surface area (Å²) in [5.74, 6) is -1.11. The van der Waals surface area contributed by atoms with E-state index >= 15 is 4.39 Å². The first kappa shape index (κ1) is 31.7. The molecule has 0 aliphatic heterocycles. The quantitative estimate of drug-likeness (QED) is 0.134. The van der Waals surface area contributed by atoms with Gasteiger partial charge in [0, 0.05) is 54.2 Å². The molecule has 240 valence electrons. The molecule has 1 aliphatic carbocycles. The highest BCUT2D eigenvalue weighted by Gasteiger charge is 2.56. The average Bonchev–Trinajstić information content (AvgIpc) is 3.90. The van der Waals surface area contributed by atoms with Gasteiger partial charge in [-0.15, -0.1) is 0 Å². The summed E-state index contributed by atoms with van der Waals surface area (Å²) in [6, 6.07) is 23.5. The van der Waals surface area contributed by atoms with Crippen LogP contribution in [0.25, 0.3) is 22.2 Å². The lowest BCUT2D eigenvalue weighted by atomic mass is 10.0. The number of fused-ring (bicyclic) bond motifs is 1. The number of carbonyl (C=O) groups is 2. The number of hydrogen-bond donors (Lipinski definition) is 2. The second-order valence-corrected chi connectivity index (χ2v) is 12.0. The summed E-state index contributed by atoms with van der Waals surface area (Å²) in [5, 5.41) is 6.17. The van der Waals surface area contributed by atoms with Crippen molar-refractivity contribution in [3.05, 3.63) is 103 Å². The first-order chi connectivity index (χ1) is 22.8. The van der Waals surface area contributed by atoms with Crippen LogP contribution in [-0.4, -0.2) is 34.9 Å². The summed E-state index contributed by atoms with van der Waals surface area (Å²) < 4.78 is 21.2.